The fourth-order valence-electron chi connectivity index (χ4n) is 3.58. The summed E-state index contributed by atoms with van der Waals surface area (Å²) >= 11 is 1.44. The zero-order valence-corrected chi connectivity index (χ0v) is 18.5. The van der Waals surface area contributed by atoms with E-state index in [0.29, 0.717) is 17.0 Å². The number of amides is 2. The van der Waals surface area contributed by atoms with E-state index in [1.807, 2.05) is 47.8 Å². The van der Waals surface area contributed by atoms with Gasteiger partial charge in [0.15, 0.2) is 11.5 Å². The Morgan fingerprint density at radius 3 is 2.32 bits per heavy atom. The number of carbonyl (C=O) groups excluding carboxylic acids is 3. The average Bonchev–Trinajstić information content (AvgIpc) is 3.61. The number of imide groups is 1. The normalized spacial score (nSPS) is 13.3. The summed E-state index contributed by atoms with van der Waals surface area (Å²) in [5.41, 5.74) is 1.52. The lowest BCUT2D eigenvalue weighted by Crippen LogP contribution is -2.33. The molecule has 168 valence electrons. The highest BCUT2D eigenvalue weighted by Crippen LogP contribution is 2.24. The SMILES string of the molecule is O=C(OCCN1C(=O)c2ccccc2C1=O)/C(=C/c1cccs1)n1nnnc1-c1ccccc1. The van der Waals surface area contributed by atoms with Crippen molar-refractivity contribution in [2.24, 2.45) is 0 Å². The van der Waals surface area contributed by atoms with Crippen molar-refractivity contribution in [1.29, 1.82) is 0 Å². The van der Waals surface area contributed by atoms with Crippen molar-refractivity contribution in [3.05, 3.63) is 88.1 Å². The van der Waals surface area contributed by atoms with E-state index in [4.69, 9.17) is 4.74 Å². The van der Waals surface area contributed by atoms with Crippen LogP contribution in [0.4, 0.5) is 0 Å². The van der Waals surface area contributed by atoms with Gasteiger partial charge in [-0.3, -0.25) is 14.5 Å². The number of rotatable bonds is 7. The third kappa shape index (κ3) is 4.02. The fraction of sp³-hybridized carbons (Fsp3) is 0.0833. The predicted octanol–water partition coefficient (Wildman–Crippen LogP) is 3.24. The first-order valence-corrected chi connectivity index (χ1v) is 11.2. The molecule has 4 aromatic rings. The average molecular weight is 471 g/mol. The molecule has 10 heteroatoms. The van der Waals surface area contributed by atoms with Gasteiger partial charge in [0.25, 0.3) is 11.8 Å². The van der Waals surface area contributed by atoms with E-state index in [1.165, 1.54) is 16.0 Å². The molecule has 0 radical (unpaired) electrons. The summed E-state index contributed by atoms with van der Waals surface area (Å²) in [4.78, 5) is 40.1. The van der Waals surface area contributed by atoms with Crippen LogP contribution >= 0.6 is 11.3 Å². The highest BCUT2D eigenvalue weighted by molar-refractivity contribution is 7.10. The van der Waals surface area contributed by atoms with Crippen molar-refractivity contribution >= 4 is 40.9 Å². The molecular formula is C24H17N5O4S. The maximum Gasteiger partial charge on any atom is 0.357 e. The van der Waals surface area contributed by atoms with Gasteiger partial charge < -0.3 is 4.74 Å². The van der Waals surface area contributed by atoms with Crippen LogP contribution in [-0.2, 0) is 9.53 Å². The molecule has 1 aliphatic heterocycles. The van der Waals surface area contributed by atoms with Crippen LogP contribution < -0.4 is 0 Å². The summed E-state index contributed by atoms with van der Waals surface area (Å²) in [6.07, 6.45) is 1.64. The lowest BCUT2D eigenvalue weighted by molar-refractivity contribution is -0.137. The Morgan fingerprint density at radius 2 is 1.65 bits per heavy atom. The maximum absolute atomic E-state index is 13.1. The van der Waals surface area contributed by atoms with Crippen LogP contribution in [0.3, 0.4) is 0 Å². The van der Waals surface area contributed by atoms with Crippen molar-refractivity contribution in [2.45, 2.75) is 0 Å². The van der Waals surface area contributed by atoms with E-state index in [1.54, 1.807) is 30.3 Å². The molecule has 2 aromatic heterocycles. The summed E-state index contributed by atoms with van der Waals surface area (Å²) in [5.74, 6) is -1.12. The number of nitrogens with zero attached hydrogens (tertiary/aromatic N) is 5. The smallest absolute Gasteiger partial charge is 0.357 e. The Morgan fingerprint density at radius 1 is 0.941 bits per heavy atom. The number of carbonyl (C=O) groups is 3. The molecule has 0 bridgehead atoms. The number of esters is 1. The van der Waals surface area contributed by atoms with Gasteiger partial charge in [-0.25, -0.2) is 4.79 Å². The topological polar surface area (TPSA) is 107 Å². The van der Waals surface area contributed by atoms with E-state index in [9.17, 15) is 14.4 Å². The van der Waals surface area contributed by atoms with Crippen LogP contribution in [-0.4, -0.2) is 56.0 Å². The fourth-order valence-corrected chi connectivity index (χ4v) is 4.23. The first kappa shape index (κ1) is 21.4. The van der Waals surface area contributed by atoms with Gasteiger partial charge in [0.1, 0.15) is 6.61 Å². The molecule has 0 saturated carbocycles. The van der Waals surface area contributed by atoms with Gasteiger partial charge in [0, 0.05) is 10.4 Å². The molecule has 2 amide bonds. The first-order valence-electron chi connectivity index (χ1n) is 10.3. The Balaban J connectivity index is 1.36. The minimum absolute atomic E-state index is 0.0640. The summed E-state index contributed by atoms with van der Waals surface area (Å²) in [6, 6.07) is 19.5. The standard InChI is InChI=1S/C24H17N5O4S/c30-22-18-10-4-5-11-19(18)23(31)28(22)12-13-33-24(32)20(15-17-9-6-14-34-17)29-21(25-26-27-29)16-7-2-1-3-8-16/h1-11,14-15H,12-13H2/b20-15-. The number of hydrogen-bond acceptors (Lipinski definition) is 8. The lowest BCUT2D eigenvalue weighted by atomic mass is 10.1. The van der Waals surface area contributed by atoms with Crippen molar-refractivity contribution in [3.63, 3.8) is 0 Å². The Hall–Kier alpha value is -4.44. The minimum Gasteiger partial charge on any atom is -0.459 e. The van der Waals surface area contributed by atoms with Crippen molar-refractivity contribution in [2.75, 3.05) is 13.2 Å². The van der Waals surface area contributed by atoms with Gasteiger partial charge in [-0.2, -0.15) is 4.68 Å². The largest absolute Gasteiger partial charge is 0.459 e. The molecule has 1 aliphatic rings. The van der Waals surface area contributed by atoms with Crippen molar-refractivity contribution in [3.8, 4) is 11.4 Å². The van der Waals surface area contributed by atoms with E-state index in [-0.39, 0.29) is 18.8 Å². The third-order valence-electron chi connectivity index (χ3n) is 5.19. The summed E-state index contributed by atoms with van der Waals surface area (Å²) in [6.45, 7) is -0.236. The van der Waals surface area contributed by atoms with Gasteiger partial charge in [-0.15, -0.1) is 16.4 Å². The van der Waals surface area contributed by atoms with Crippen molar-refractivity contribution in [1.82, 2.24) is 25.1 Å². The second-order valence-electron chi connectivity index (χ2n) is 7.27. The maximum atomic E-state index is 13.1. The first-order chi connectivity index (χ1) is 16.6. The van der Waals surface area contributed by atoms with E-state index in [0.717, 1.165) is 15.3 Å². The van der Waals surface area contributed by atoms with Crippen molar-refractivity contribution < 1.29 is 19.1 Å². The van der Waals surface area contributed by atoms with Gasteiger partial charge in [0.2, 0.25) is 0 Å². The van der Waals surface area contributed by atoms with Gasteiger partial charge in [0.05, 0.1) is 17.7 Å². The zero-order valence-electron chi connectivity index (χ0n) is 17.7. The monoisotopic (exact) mass is 471 g/mol. The summed E-state index contributed by atoms with van der Waals surface area (Å²) in [5, 5.41) is 13.7. The molecule has 5 rings (SSSR count). The second-order valence-corrected chi connectivity index (χ2v) is 8.25. The lowest BCUT2D eigenvalue weighted by Gasteiger charge is -2.14. The molecule has 0 atom stereocenters. The number of tetrazole rings is 1. The van der Waals surface area contributed by atoms with E-state index >= 15 is 0 Å². The molecule has 2 aromatic carbocycles. The van der Waals surface area contributed by atoms with E-state index in [2.05, 4.69) is 15.5 Å². The van der Waals surface area contributed by atoms with Gasteiger partial charge in [-0.1, -0.05) is 48.5 Å². The van der Waals surface area contributed by atoms with Crippen LogP contribution in [0, 0.1) is 0 Å². The van der Waals surface area contributed by atoms with Crippen LogP contribution in [0.15, 0.2) is 72.1 Å². The zero-order chi connectivity index (χ0) is 23.5. The highest BCUT2D eigenvalue weighted by Gasteiger charge is 2.35. The molecule has 0 unspecified atom stereocenters. The van der Waals surface area contributed by atoms with E-state index < -0.39 is 17.8 Å². The molecule has 3 heterocycles. The number of aromatic nitrogens is 4. The molecule has 9 nitrogen and oxygen atoms in total. The Labute approximate surface area is 197 Å². The van der Waals surface area contributed by atoms with Gasteiger partial charge in [-0.05, 0) is 40.1 Å². The number of benzene rings is 2. The molecule has 34 heavy (non-hydrogen) atoms. The number of hydrogen-bond donors (Lipinski definition) is 0. The number of ether oxygens (including phenoxy) is 1. The molecule has 0 N–H and O–H groups in total. The summed E-state index contributed by atoms with van der Waals surface area (Å²) < 4.78 is 6.78. The second kappa shape index (κ2) is 9.20. The quantitative estimate of drug-likeness (QED) is 0.231. The molecular weight excluding hydrogens is 454 g/mol. The third-order valence-corrected chi connectivity index (χ3v) is 6.01. The minimum atomic E-state index is -0.686. The molecule has 0 saturated heterocycles. The Kier molecular flexibility index (Phi) is 5.79. The predicted molar refractivity (Wildman–Crippen MR) is 125 cm³/mol. The van der Waals surface area contributed by atoms with Gasteiger partial charge >= 0.3 is 5.97 Å². The Bertz CT molecular complexity index is 1360. The molecule has 0 fully saturated rings. The molecule has 0 spiro atoms. The number of fused-ring (bicyclic) bond motifs is 1. The van der Waals surface area contributed by atoms with Crippen LogP contribution in [0.5, 0.6) is 0 Å². The highest BCUT2D eigenvalue weighted by atomic mass is 32.1. The van der Waals surface area contributed by atoms with Crippen LogP contribution in [0.1, 0.15) is 25.6 Å². The summed E-state index contributed by atoms with van der Waals surface area (Å²) in [7, 11) is 0. The van der Waals surface area contributed by atoms with Crippen LogP contribution in [0.2, 0.25) is 0 Å². The van der Waals surface area contributed by atoms with Crippen LogP contribution in [0.25, 0.3) is 23.2 Å². The molecule has 0 aliphatic carbocycles. The number of thiophene rings is 1.